The quantitative estimate of drug-likeness (QED) is 0.0972. The van der Waals surface area contributed by atoms with E-state index in [1.165, 1.54) is 0 Å². The molecule has 0 rings (SSSR count). The fourth-order valence-corrected chi connectivity index (χ4v) is 2.76. The number of nitrogens with two attached hydrogens (primary N) is 4. The lowest BCUT2D eigenvalue weighted by Gasteiger charge is -2.21. The number of carbonyl (C=O) groups excluding carboxylic acids is 4. The van der Waals surface area contributed by atoms with E-state index in [-0.39, 0.29) is 19.3 Å². The first kappa shape index (κ1) is 29.2. The molecule has 4 amide bonds. The minimum absolute atomic E-state index is 0.183. The second kappa shape index (κ2) is 16.9. The Morgan fingerprint density at radius 1 is 0.781 bits per heavy atom. The summed E-state index contributed by atoms with van der Waals surface area (Å²) in [6.45, 7) is 0.487. The van der Waals surface area contributed by atoms with E-state index in [4.69, 9.17) is 22.9 Å². The van der Waals surface area contributed by atoms with Crippen molar-refractivity contribution in [2.45, 2.75) is 69.5 Å². The molecule has 0 spiro atoms. The fourth-order valence-electron chi connectivity index (χ4n) is 2.76. The second-order valence-electron chi connectivity index (χ2n) is 7.42. The zero-order chi connectivity index (χ0) is 24.5. The smallest absolute Gasteiger partial charge is 0.326 e. The summed E-state index contributed by atoms with van der Waals surface area (Å²) in [6, 6.07) is -3.16. The molecule has 13 heteroatoms. The van der Waals surface area contributed by atoms with Gasteiger partial charge >= 0.3 is 5.97 Å². The van der Waals surface area contributed by atoms with Crippen molar-refractivity contribution in [2.75, 3.05) is 19.6 Å². The maximum atomic E-state index is 12.6. The first-order valence-electron chi connectivity index (χ1n) is 10.7. The van der Waals surface area contributed by atoms with Crippen LogP contribution in [0.5, 0.6) is 0 Å². The maximum absolute atomic E-state index is 12.6. The first-order chi connectivity index (χ1) is 15.1. The summed E-state index contributed by atoms with van der Waals surface area (Å²) in [5.74, 6) is -3.89. The maximum Gasteiger partial charge on any atom is 0.326 e. The van der Waals surface area contributed by atoms with Gasteiger partial charge in [0.1, 0.15) is 12.1 Å². The Morgan fingerprint density at radius 2 is 1.38 bits per heavy atom. The lowest BCUT2D eigenvalue weighted by Crippen LogP contribution is -2.53. The van der Waals surface area contributed by atoms with Gasteiger partial charge in [0, 0.05) is 6.42 Å². The van der Waals surface area contributed by atoms with Crippen LogP contribution < -0.4 is 38.9 Å². The SMILES string of the molecule is NCCCCC(N)C(=O)NCC(=O)NC(CCCCN)C(=O)NC(CCC(N)=O)C(=O)O. The van der Waals surface area contributed by atoms with Gasteiger partial charge in [-0.05, 0) is 51.6 Å². The van der Waals surface area contributed by atoms with Gasteiger partial charge in [-0.25, -0.2) is 4.79 Å². The molecule has 3 atom stereocenters. The van der Waals surface area contributed by atoms with Gasteiger partial charge in [-0.1, -0.05) is 6.42 Å². The van der Waals surface area contributed by atoms with Gasteiger partial charge in [-0.2, -0.15) is 0 Å². The molecule has 12 N–H and O–H groups in total. The van der Waals surface area contributed by atoms with E-state index in [2.05, 4.69) is 16.0 Å². The highest BCUT2D eigenvalue weighted by molar-refractivity contribution is 5.92. The molecule has 0 saturated heterocycles. The number of primary amides is 1. The van der Waals surface area contributed by atoms with Crippen LogP contribution in [0.3, 0.4) is 0 Å². The van der Waals surface area contributed by atoms with Crippen molar-refractivity contribution >= 4 is 29.6 Å². The summed E-state index contributed by atoms with van der Waals surface area (Å²) in [5.41, 5.74) is 21.6. The second-order valence-corrected chi connectivity index (χ2v) is 7.42. The van der Waals surface area contributed by atoms with E-state index < -0.39 is 54.3 Å². The minimum atomic E-state index is -1.34. The zero-order valence-corrected chi connectivity index (χ0v) is 18.3. The molecule has 0 saturated carbocycles. The highest BCUT2D eigenvalue weighted by Gasteiger charge is 2.26. The van der Waals surface area contributed by atoms with Crippen LogP contribution in [0.2, 0.25) is 0 Å². The van der Waals surface area contributed by atoms with Gasteiger partial charge in [0.2, 0.25) is 23.6 Å². The summed E-state index contributed by atoms with van der Waals surface area (Å²) in [5, 5.41) is 16.4. The molecular weight excluding hydrogens is 422 g/mol. The van der Waals surface area contributed by atoms with Crippen molar-refractivity contribution in [1.82, 2.24) is 16.0 Å². The molecule has 0 aliphatic heterocycles. The average molecular weight is 460 g/mol. The summed E-state index contributed by atoms with van der Waals surface area (Å²) in [7, 11) is 0. The van der Waals surface area contributed by atoms with Gasteiger partial charge in [0.05, 0.1) is 12.6 Å². The molecule has 0 aromatic carbocycles. The lowest BCUT2D eigenvalue weighted by molar-refractivity contribution is -0.142. The molecule has 13 nitrogen and oxygen atoms in total. The van der Waals surface area contributed by atoms with Crippen LogP contribution in [0, 0.1) is 0 Å². The molecule has 0 fully saturated rings. The molecule has 0 radical (unpaired) electrons. The number of hydrogen-bond acceptors (Lipinski definition) is 8. The molecule has 32 heavy (non-hydrogen) atoms. The zero-order valence-electron chi connectivity index (χ0n) is 18.3. The Morgan fingerprint density at radius 3 is 1.91 bits per heavy atom. The van der Waals surface area contributed by atoms with Crippen molar-refractivity contribution < 1.29 is 29.1 Å². The van der Waals surface area contributed by atoms with E-state index in [0.29, 0.717) is 38.8 Å². The highest BCUT2D eigenvalue weighted by atomic mass is 16.4. The third-order valence-corrected chi connectivity index (χ3v) is 4.62. The number of aliphatic carboxylic acids is 1. The van der Waals surface area contributed by atoms with Crippen LogP contribution in [-0.2, 0) is 24.0 Å². The van der Waals surface area contributed by atoms with Gasteiger partial charge in [-0.15, -0.1) is 0 Å². The van der Waals surface area contributed by atoms with Crippen molar-refractivity contribution in [1.29, 1.82) is 0 Å². The molecule has 0 heterocycles. The number of unbranched alkanes of at least 4 members (excludes halogenated alkanes) is 2. The molecule has 0 bridgehead atoms. The number of rotatable bonds is 18. The van der Waals surface area contributed by atoms with Crippen molar-refractivity contribution in [3.05, 3.63) is 0 Å². The molecule has 184 valence electrons. The molecule has 0 aromatic rings. The first-order valence-corrected chi connectivity index (χ1v) is 10.7. The van der Waals surface area contributed by atoms with Crippen LogP contribution in [0.4, 0.5) is 0 Å². The Hall–Kier alpha value is -2.77. The Kier molecular flexibility index (Phi) is 15.4. The van der Waals surface area contributed by atoms with Gasteiger partial charge in [0.25, 0.3) is 0 Å². The lowest BCUT2D eigenvalue weighted by atomic mass is 10.1. The number of carboxylic acids is 1. The van der Waals surface area contributed by atoms with Crippen LogP contribution in [-0.4, -0.2) is 72.5 Å². The van der Waals surface area contributed by atoms with Gasteiger partial charge < -0.3 is 44.0 Å². The summed E-state index contributed by atoms with van der Waals surface area (Å²) >= 11 is 0. The van der Waals surface area contributed by atoms with Crippen molar-refractivity contribution in [3.8, 4) is 0 Å². The van der Waals surface area contributed by atoms with Crippen LogP contribution in [0.25, 0.3) is 0 Å². The monoisotopic (exact) mass is 459 g/mol. The Labute approximate surface area is 187 Å². The highest BCUT2D eigenvalue weighted by Crippen LogP contribution is 2.04. The fraction of sp³-hybridized carbons (Fsp3) is 0.737. The van der Waals surface area contributed by atoms with E-state index >= 15 is 0 Å². The molecule has 3 unspecified atom stereocenters. The number of carboxylic acid groups (broad SMARTS) is 1. The predicted octanol–water partition coefficient (Wildman–Crippen LogP) is -2.99. The average Bonchev–Trinajstić information content (AvgIpc) is 2.73. The molecule has 0 aliphatic carbocycles. The minimum Gasteiger partial charge on any atom is -0.480 e. The van der Waals surface area contributed by atoms with Gasteiger partial charge in [0.15, 0.2) is 0 Å². The van der Waals surface area contributed by atoms with E-state index in [1.807, 2.05) is 0 Å². The molecular formula is C19H37N7O6. The summed E-state index contributed by atoms with van der Waals surface area (Å²) < 4.78 is 0. The molecule has 0 aliphatic rings. The Bertz CT molecular complexity index is 631. The number of carbonyl (C=O) groups is 5. The van der Waals surface area contributed by atoms with E-state index in [1.54, 1.807) is 0 Å². The normalized spacial score (nSPS) is 13.5. The van der Waals surface area contributed by atoms with Crippen LogP contribution in [0.15, 0.2) is 0 Å². The van der Waals surface area contributed by atoms with Crippen LogP contribution in [0.1, 0.15) is 51.4 Å². The Balaban J connectivity index is 4.85. The standard InChI is InChI=1S/C19H37N7O6/c20-9-3-1-5-12(22)17(29)24-11-16(28)25-13(6-2-4-10-21)18(30)26-14(19(31)32)7-8-15(23)27/h12-14H,1-11,20-22H2,(H2,23,27)(H,24,29)(H,25,28)(H,26,30)(H,31,32). The third-order valence-electron chi connectivity index (χ3n) is 4.62. The van der Waals surface area contributed by atoms with Gasteiger partial charge in [-0.3, -0.25) is 19.2 Å². The third kappa shape index (κ3) is 13.5. The summed E-state index contributed by atoms with van der Waals surface area (Å²) in [6.07, 6.45) is 2.75. The van der Waals surface area contributed by atoms with E-state index in [0.717, 1.165) is 6.42 Å². The van der Waals surface area contributed by atoms with Crippen molar-refractivity contribution in [2.24, 2.45) is 22.9 Å². The van der Waals surface area contributed by atoms with Crippen molar-refractivity contribution in [3.63, 3.8) is 0 Å². The number of amides is 4. The number of nitrogens with one attached hydrogen (secondary N) is 3. The van der Waals surface area contributed by atoms with E-state index in [9.17, 15) is 29.1 Å². The molecule has 0 aromatic heterocycles. The number of hydrogen-bond donors (Lipinski definition) is 8. The predicted molar refractivity (Wildman–Crippen MR) is 117 cm³/mol. The largest absolute Gasteiger partial charge is 0.480 e. The van der Waals surface area contributed by atoms with Crippen LogP contribution >= 0.6 is 0 Å². The topological polar surface area (TPSA) is 246 Å². The summed E-state index contributed by atoms with van der Waals surface area (Å²) in [4.78, 5) is 59.1.